The molecule has 0 spiro atoms. The molecule has 25 heavy (non-hydrogen) atoms. The van der Waals surface area contributed by atoms with Crippen molar-refractivity contribution in [1.29, 1.82) is 0 Å². The van der Waals surface area contributed by atoms with Gasteiger partial charge in [0.05, 0.1) is 23.6 Å². The van der Waals surface area contributed by atoms with Crippen LogP contribution in [-0.4, -0.2) is 30.8 Å². The average Bonchev–Trinajstić information content (AvgIpc) is 2.81. The fourth-order valence-electron chi connectivity index (χ4n) is 2.42. The maximum atomic E-state index is 12.6. The van der Waals surface area contributed by atoms with Gasteiger partial charge < -0.3 is 4.74 Å². The number of nitrogens with zero attached hydrogens (tertiary/aromatic N) is 2. The molecule has 0 unspecified atom stereocenters. The van der Waals surface area contributed by atoms with Gasteiger partial charge >= 0.3 is 5.97 Å². The van der Waals surface area contributed by atoms with Gasteiger partial charge in [-0.05, 0) is 44.5 Å². The number of carbonyl (C=O) groups excluding carboxylic acids is 1. The number of sulfonamides is 1. The number of unbranched alkanes of at least 4 members (excludes halogenated alkanes) is 1. The fourth-order valence-corrected chi connectivity index (χ4v) is 3.92. The number of hydrogen-bond acceptors (Lipinski definition) is 5. The number of carbonyl (C=O) groups is 1. The molecule has 0 fully saturated rings. The van der Waals surface area contributed by atoms with E-state index in [9.17, 15) is 13.2 Å². The minimum Gasteiger partial charge on any atom is -0.462 e. The van der Waals surface area contributed by atoms with E-state index in [4.69, 9.17) is 4.74 Å². The molecular formula is C17H23N3O4S. The van der Waals surface area contributed by atoms with Gasteiger partial charge in [-0.25, -0.2) is 13.2 Å². The summed E-state index contributed by atoms with van der Waals surface area (Å²) >= 11 is 0. The molecule has 0 bridgehead atoms. The molecule has 2 rings (SSSR count). The monoisotopic (exact) mass is 365 g/mol. The standard InChI is InChI=1S/C17H23N3O4S/c1-5-6-11-24-17(21)14-7-9-15(10-8-14)19-25(22,23)16-12(2)18-20(4)13(16)3/h7-10,19H,5-6,11H2,1-4H3. The van der Waals surface area contributed by atoms with Crippen molar-refractivity contribution in [2.45, 2.75) is 38.5 Å². The molecule has 0 amide bonds. The molecular weight excluding hydrogens is 342 g/mol. The Labute approximate surface area is 148 Å². The summed E-state index contributed by atoms with van der Waals surface area (Å²) in [7, 11) is -2.06. The number of hydrogen-bond donors (Lipinski definition) is 1. The van der Waals surface area contributed by atoms with Crippen LogP contribution in [0.1, 0.15) is 41.5 Å². The molecule has 0 aliphatic rings. The van der Waals surface area contributed by atoms with Crippen LogP contribution in [0.2, 0.25) is 0 Å². The van der Waals surface area contributed by atoms with E-state index in [1.54, 1.807) is 20.9 Å². The molecule has 2 aromatic rings. The molecule has 136 valence electrons. The molecule has 0 aliphatic heterocycles. The van der Waals surface area contributed by atoms with Crippen LogP contribution in [0.25, 0.3) is 0 Å². The molecule has 1 aromatic carbocycles. The van der Waals surface area contributed by atoms with Gasteiger partial charge in [0.2, 0.25) is 0 Å². The van der Waals surface area contributed by atoms with Crippen LogP contribution < -0.4 is 4.72 Å². The van der Waals surface area contributed by atoms with E-state index >= 15 is 0 Å². The third-order valence-electron chi connectivity index (χ3n) is 3.82. The zero-order chi connectivity index (χ0) is 18.6. The van der Waals surface area contributed by atoms with Crippen LogP contribution in [0.3, 0.4) is 0 Å². The van der Waals surface area contributed by atoms with E-state index in [-0.39, 0.29) is 4.90 Å². The van der Waals surface area contributed by atoms with E-state index in [1.165, 1.54) is 28.9 Å². The van der Waals surface area contributed by atoms with Gasteiger partial charge in [-0.2, -0.15) is 5.10 Å². The summed E-state index contributed by atoms with van der Waals surface area (Å²) in [6, 6.07) is 6.15. The van der Waals surface area contributed by atoms with Crippen molar-refractivity contribution < 1.29 is 17.9 Å². The highest BCUT2D eigenvalue weighted by molar-refractivity contribution is 7.92. The van der Waals surface area contributed by atoms with Gasteiger partial charge in [0, 0.05) is 12.7 Å². The highest BCUT2D eigenvalue weighted by atomic mass is 32.2. The third-order valence-corrected chi connectivity index (χ3v) is 5.45. The first kappa shape index (κ1) is 19.0. The van der Waals surface area contributed by atoms with E-state index in [2.05, 4.69) is 9.82 Å². The summed E-state index contributed by atoms with van der Waals surface area (Å²) in [6.45, 7) is 5.74. The highest BCUT2D eigenvalue weighted by Crippen LogP contribution is 2.22. The molecule has 1 aromatic heterocycles. The first-order valence-corrected chi connectivity index (χ1v) is 9.54. The Kier molecular flexibility index (Phi) is 5.84. The molecule has 1 heterocycles. The molecule has 0 radical (unpaired) electrons. The molecule has 0 atom stereocenters. The fraction of sp³-hybridized carbons (Fsp3) is 0.412. The van der Waals surface area contributed by atoms with Crippen molar-refractivity contribution >= 4 is 21.7 Å². The van der Waals surface area contributed by atoms with Crippen molar-refractivity contribution in [2.75, 3.05) is 11.3 Å². The molecule has 7 nitrogen and oxygen atoms in total. The number of aryl methyl sites for hydroxylation is 2. The van der Waals surface area contributed by atoms with Gasteiger partial charge in [-0.3, -0.25) is 9.40 Å². The Morgan fingerprint density at radius 2 is 1.88 bits per heavy atom. The van der Waals surface area contributed by atoms with Crippen LogP contribution in [0, 0.1) is 13.8 Å². The lowest BCUT2D eigenvalue weighted by atomic mass is 10.2. The summed E-state index contributed by atoms with van der Waals surface area (Å²) in [4.78, 5) is 12.0. The van der Waals surface area contributed by atoms with Crippen LogP contribution in [0.5, 0.6) is 0 Å². The first-order valence-electron chi connectivity index (χ1n) is 8.06. The summed E-state index contributed by atoms with van der Waals surface area (Å²) in [5.41, 5.74) is 1.74. The Morgan fingerprint density at radius 1 is 1.24 bits per heavy atom. The second kappa shape index (κ2) is 7.69. The van der Waals surface area contributed by atoms with Crippen molar-refractivity contribution in [3.8, 4) is 0 Å². The van der Waals surface area contributed by atoms with E-state index < -0.39 is 16.0 Å². The number of aromatic nitrogens is 2. The Bertz CT molecular complexity index is 855. The summed E-state index contributed by atoms with van der Waals surface area (Å²) in [5, 5.41) is 4.13. The number of rotatable bonds is 7. The number of esters is 1. The lowest BCUT2D eigenvalue weighted by molar-refractivity contribution is 0.0500. The molecule has 0 saturated carbocycles. The van der Waals surface area contributed by atoms with Crippen molar-refractivity contribution in [1.82, 2.24) is 9.78 Å². The lowest BCUT2D eigenvalue weighted by Crippen LogP contribution is -2.15. The maximum absolute atomic E-state index is 12.6. The van der Waals surface area contributed by atoms with Crippen LogP contribution in [0.15, 0.2) is 29.2 Å². The number of nitrogens with one attached hydrogen (secondary N) is 1. The first-order chi connectivity index (χ1) is 11.8. The highest BCUT2D eigenvalue weighted by Gasteiger charge is 2.23. The SMILES string of the molecule is CCCCOC(=O)c1ccc(NS(=O)(=O)c2c(C)nn(C)c2C)cc1. The van der Waals surface area contributed by atoms with Crippen molar-refractivity contribution in [2.24, 2.45) is 7.05 Å². The largest absolute Gasteiger partial charge is 0.462 e. The molecule has 8 heteroatoms. The van der Waals surface area contributed by atoms with Gasteiger partial charge in [0.1, 0.15) is 4.90 Å². The maximum Gasteiger partial charge on any atom is 0.338 e. The van der Waals surface area contributed by atoms with E-state index in [0.29, 0.717) is 29.2 Å². The minimum absolute atomic E-state index is 0.165. The average molecular weight is 365 g/mol. The predicted octanol–water partition coefficient (Wildman–Crippen LogP) is 2.79. The lowest BCUT2D eigenvalue weighted by Gasteiger charge is -2.09. The van der Waals surface area contributed by atoms with Gasteiger partial charge in [-0.15, -0.1) is 0 Å². The van der Waals surface area contributed by atoms with Gasteiger partial charge in [0.15, 0.2) is 0 Å². The number of ether oxygens (including phenoxy) is 1. The molecule has 0 saturated heterocycles. The Balaban J connectivity index is 2.14. The third kappa shape index (κ3) is 4.39. The molecule has 1 N–H and O–H groups in total. The zero-order valence-corrected chi connectivity index (χ0v) is 15.7. The van der Waals surface area contributed by atoms with Crippen LogP contribution >= 0.6 is 0 Å². The zero-order valence-electron chi connectivity index (χ0n) is 14.9. The van der Waals surface area contributed by atoms with Gasteiger partial charge in [-0.1, -0.05) is 13.3 Å². The van der Waals surface area contributed by atoms with Crippen molar-refractivity contribution in [3.63, 3.8) is 0 Å². The number of anilines is 1. The number of benzene rings is 1. The minimum atomic E-state index is -3.75. The smallest absolute Gasteiger partial charge is 0.338 e. The van der Waals surface area contributed by atoms with Gasteiger partial charge in [0.25, 0.3) is 10.0 Å². The topological polar surface area (TPSA) is 90.3 Å². The normalized spacial score (nSPS) is 11.4. The van der Waals surface area contributed by atoms with E-state index in [1.807, 2.05) is 6.92 Å². The summed E-state index contributed by atoms with van der Waals surface area (Å²) < 4.78 is 34.4. The van der Waals surface area contributed by atoms with Crippen LogP contribution in [0.4, 0.5) is 5.69 Å². The second-order valence-corrected chi connectivity index (χ2v) is 7.42. The van der Waals surface area contributed by atoms with Crippen LogP contribution in [-0.2, 0) is 21.8 Å². The van der Waals surface area contributed by atoms with Crippen molar-refractivity contribution in [3.05, 3.63) is 41.2 Å². The summed E-state index contributed by atoms with van der Waals surface area (Å²) in [5.74, 6) is -0.415. The molecule has 0 aliphatic carbocycles. The quantitative estimate of drug-likeness (QED) is 0.602. The predicted molar refractivity (Wildman–Crippen MR) is 95.1 cm³/mol. The summed E-state index contributed by atoms with van der Waals surface area (Å²) in [6.07, 6.45) is 1.76. The second-order valence-electron chi connectivity index (χ2n) is 5.80. The van der Waals surface area contributed by atoms with E-state index in [0.717, 1.165) is 12.8 Å². The Hall–Kier alpha value is -2.35. The Morgan fingerprint density at radius 3 is 2.40 bits per heavy atom.